The summed E-state index contributed by atoms with van der Waals surface area (Å²) in [4.78, 5) is 12.1. The van der Waals surface area contributed by atoms with E-state index in [1.807, 2.05) is 6.07 Å². The zero-order valence-corrected chi connectivity index (χ0v) is 13.8. The molecule has 2 aromatic carbocycles. The number of benzene rings is 2. The summed E-state index contributed by atoms with van der Waals surface area (Å²) in [7, 11) is 0. The topological polar surface area (TPSA) is 68.0 Å². The Bertz CT molecular complexity index is 859. The normalized spacial score (nSPS) is 10.6. The minimum atomic E-state index is -0.238. The summed E-state index contributed by atoms with van der Waals surface area (Å²) in [5.41, 5.74) is 2.25. The molecule has 1 amide bonds. The van der Waals surface area contributed by atoms with Crippen LogP contribution in [0.25, 0.3) is 11.5 Å². The standard InChI is InChI=1S/C19H18FN3O2/c1-13-22-23-19(25-13)16-9-7-15(8-10-16)18(24)21-11-3-5-14-4-2-6-17(20)12-14/h2,4,6-10,12H,3,5,11H2,1H3,(H,21,24). The molecular weight excluding hydrogens is 321 g/mol. The highest BCUT2D eigenvalue weighted by Crippen LogP contribution is 2.18. The van der Waals surface area contributed by atoms with E-state index < -0.39 is 0 Å². The Morgan fingerprint density at radius 1 is 1.16 bits per heavy atom. The maximum Gasteiger partial charge on any atom is 0.251 e. The van der Waals surface area contributed by atoms with Gasteiger partial charge in [0, 0.05) is 24.6 Å². The maximum absolute atomic E-state index is 13.1. The SMILES string of the molecule is Cc1nnc(-c2ccc(C(=O)NCCCc3cccc(F)c3)cc2)o1. The molecule has 1 aromatic heterocycles. The molecule has 1 N–H and O–H groups in total. The maximum atomic E-state index is 13.1. The monoisotopic (exact) mass is 339 g/mol. The van der Waals surface area contributed by atoms with Gasteiger partial charge in [-0.05, 0) is 54.8 Å². The third-order valence-corrected chi connectivity index (χ3v) is 3.74. The number of rotatable bonds is 6. The summed E-state index contributed by atoms with van der Waals surface area (Å²) >= 11 is 0. The molecule has 0 bridgehead atoms. The van der Waals surface area contributed by atoms with Crippen molar-refractivity contribution < 1.29 is 13.6 Å². The van der Waals surface area contributed by atoms with Crippen LogP contribution in [-0.4, -0.2) is 22.6 Å². The van der Waals surface area contributed by atoms with Crippen LogP contribution in [0, 0.1) is 12.7 Å². The quantitative estimate of drug-likeness (QED) is 0.698. The first-order chi connectivity index (χ1) is 12.1. The predicted molar refractivity (Wildman–Crippen MR) is 91.5 cm³/mol. The fourth-order valence-corrected chi connectivity index (χ4v) is 2.47. The lowest BCUT2D eigenvalue weighted by Crippen LogP contribution is -2.24. The van der Waals surface area contributed by atoms with Crippen LogP contribution in [0.4, 0.5) is 4.39 Å². The summed E-state index contributed by atoms with van der Waals surface area (Å²) < 4.78 is 18.4. The smallest absolute Gasteiger partial charge is 0.251 e. The van der Waals surface area contributed by atoms with E-state index in [4.69, 9.17) is 4.42 Å². The van der Waals surface area contributed by atoms with Crippen molar-refractivity contribution in [3.63, 3.8) is 0 Å². The molecule has 0 spiro atoms. The predicted octanol–water partition coefficient (Wildman–Crippen LogP) is 3.55. The fraction of sp³-hybridized carbons (Fsp3) is 0.211. The second-order valence-corrected chi connectivity index (χ2v) is 5.69. The number of nitrogens with one attached hydrogen (secondary N) is 1. The number of carbonyl (C=O) groups is 1. The molecule has 0 saturated heterocycles. The Hall–Kier alpha value is -3.02. The molecule has 0 unspecified atom stereocenters. The van der Waals surface area contributed by atoms with Crippen molar-refractivity contribution in [1.29, 1.82) is 0 Å². The zero-order valence-electron chi connectivity index (χ0n) is 13.8. The molecule has 0 aliphatic rings. The van der Waals surface area contributed by atoms with Gasteiger partial charge in [0.25, 0.3) is 5.91 Å². The minimum absolute atomic E-state index is 0.146. The van der Waals surface area contributed by atoms with Gasteiger partial charge < -0.3 is 9.73 Å². The molecule has 128 valence electrons. The molecular formula is C19H18FN3O2. The third kappa shape index (κ3) is 4.50. The molecule has 0 atom stereocenters. The van der Waals surface area contributed by atoms with Gasteiger partial charge in [-0.1, -0.05) is 12.1 Å². The Balaban J connectivity index is 1.49. The zero-order chi connectivity index (χ0) is 17.6. The Kier molecular flexibility index (Phi) is 5.18. The van der Waals surface area contributed by atoms with Crippen LogP contribution in [0.15, 0.2) is 52.9 Å². The average Bonchev–Trinajstić information content (AvgIpc) is 3.05. The summed E-state index contributed by atoms with van der Waals surface area (Å²) in [6.07, 6.45) is 1.46. The minimum Gasteiger partial charge on any atom is -0.421 e. The van der Waals surface area contributed by atoms with Crippen LogP contribution in [-0.2, 0) is 6.42 Å². The summed E-state index contributed by atoms with van der Waals surface area (Å²) in [6.45, 7) is 2.25. The average molecular weight is 339 g/mol. The van der Waals surface area contributed by atoms with Gasteiger partial charge in [0.2, 0.25) is 11.8 Å². The van der Waals surface area contributed by atoms with Crippen LogP contribution in [0.1, 0.15) is 28.2 Å². The Morgan fingerprint density at radius 2 is 1.96 bits per heavy atom. The molecule has 5 nitrogen and oxygen atoms in total. The van der Waals surface area contributed by atoms with E-state index in [1.54, 1.807) is 37.3 Å². The van der Waals surface area contributed by atoms with Gasteiger partial charge in [0.15, 0.2) is 0 Å². The van der Waals surface area contributed by atoms with E-state index in [0.29, 0.717) is 30.3 Å². The number of aryl methyl sites for hydroxylation is 2. The fourth-order valence-electron chi connectivity index (χ4n) is 2.47. The lowest BCUT2D eigenvalue weighted by molar-refractivity contribution is 0.0953. The van der Waals surface area contributed by atoms with Crippen molar-refractivity contribution in [2.75, 3.05) is 6.54 Å². The largest absolute Gasteiger partial charge is 0.421 e. The second kappa shape index (κ2) is 7.70. The van der Waals surface area contributed by atoms with E-state index in [9.17, 15) is 9.18 Å². The van der Waals surface area contributed by atoms with Gasteiger partial charge in [-0.25, -0.2) is 4.39 Å². The molecule has 0 saturated carbocycles. The molecule has 25 heavy (non-hydrogen) atoms. The van der Waals surface area contributed by atoms with E-state index >= 15 is 0 Å². The number of hydrogen-bond donors (Lipinski definition) is 1. The molecule has 0 radical (unpaired) electrons. The number of carbonyl (C=O) groups excluding carboxylic acids is 1. The van der Waals surface area contributed by atoms with Crippen LogP contribution in [0.3, 0.4) is 0 Å². The highest BCUT2D eigenvalue weighted by Gasteiger charge is 2.08. The van der Waals surface area contributed by atoms with Crippen molar-refractivity contribution >= 4 is 5.91 Å². The van der Waals surface area contributed by atoms with Crippen LogP contribution >= 0.6 is 0 Å². The van der Waals surface area contributed by atoms with E-state index in [2.05, 4.69) is 15.5 Å². The lowest BCUT2D eigenvalue weighted by atomic mass is 10.1. The van der Waals surface area contributed by atoms with E-state index in [0.717, 1.165) is 17.5 Å². The van der Waals surface area contributed by atoms with E-state index in [1.165, 1.54) is 12.1 Å². The van der Waals surface area contributed by atoms with Gasteiger partial charge in [-0.15, -0.1) is 10.2 Å². The summed E-state index contributed by atoms with van der Waals surface area (Å²) in [6, 6.07) is 13.5. The number of halogens is 1. The van der Waals surface area contributed by atoms with Gasteiger partial charge in [-0.3, -0.25) is 4.79 Å². The van der Waals surface area contributed by atoms with E-state index in [-0.39, 0.29) is 11.7 Å². The van der Waals surface area contributed by atoms with Crippen LogP contribution in [0.2, 0.25) is 0 Å². The molecule has 0 aliphatic heterocycles. The van der Waals surface area contributed by atoms with Crippen molar-refractivity contribution in [2.45, 2.75) is 19.8 Å². The molecule has 6 heteroatoms. The first kappa shape index (κ1) is 16.8. The number of hydrogen-bond acceptors (Lipinski definition) is 4. The first-order valence-corrected chi connectivity index (χ1v) is 8.05. The molecule has 3 rings (SSSR count). The highest BCUT2D eigenvalue weighted by molar-refractivity contribution is 5.94. The molecule has 0 fully saturated rings. The van der Waals surface area contributed by atoms with Crippen molar-refractivity contribution in [3.05, 3.63) is 71.4 Å². The molecule has 0 aliphatic carbocycles. The lowest BCUT2D eigenvalue weighted by Gasteiger charge is -2.06. The number of aromatic nitrogens is 2. The van der Waals surface area contributed by atoms with Crippen LogP contribution < -0.4 is 5.32 Å². The highest BCUT2D eigenvalue weighted by atomic mass is 19.1. The second-order valence-electron chi connectivity index (χ2n) is 5.69. The van der Waals surface area contributed by atoms with Crippen molar-refractivity contribution in [3.8, 4) is 11.5 Å². The summed E-state index contributed by atoms with van der Waals surface area (Å²) in [5, 5.41) is 10.6. The molecule has 3 aromatic rings. The Labute approximate surface area is 144 Å². The number of nitrogens with zero attached hydrogens (tertiary/aromatic N) is 2. The van der Waals surface area contributed by atoms with Gasteiger partial charge >= 0.3 is 0 Å². The first-order valence-electron chi connectivity index (χ1n) is 8.05. The number of amides is 1. The molecule has 1 heterocycles. The van der Waals surface area contributed by atoms with Gasteiger partial charge in [0.05, 0.1) is 0 Å². The van der Waals surface area contributed by atoms with Crippen LogP contribution in [0.5, 0.6) is 0 Å². The van der Waals surface area contributed by atoms with Crippen molar-refractivity contribution in [1.82, 2.24) is 15.5 Å². The third-order valence-electron chi connectivity index (χ3n) is 3.74. The summed E-state index contributed by atoms with van der Waals surface area (Å²) in [5.74, 6) is 0.542. The van der Waals surface area contributed by atoms with Gasteiger partial charge in [-0.2, -0.15) is 0 Å². The Morgan fingerprint density at radius 3 is 2.64 bits per heavy atom. The van der Waals surface area contributed by atoms with Crippen molar-refractivity contribution in [2.24, 2.45) is 0 Å². The van der Waals surface area contributed by atoms with Gasteiger partial charge in [0.1, 0.15) is 5.82 Å².